The second-order valence-electron chi connectivity index (χ2n) is 3.54. The van der Waals surface area contributed by atoms with Crippen LogP contribution in [0.2, 0.25) is 0 Å². The van der Waals surface area contributed by atoms with Gasteiger partial charge in [-0.2, -0.15) is 0 Å². The first-order chi connectivity index (χ1) is 6.74. The molecule has 1 rings (SSSR count). The van der Waals surface area contributed by atoms with E-state index in [1.165, 1.54) is 0 Å². The molecule has 0 spiro atoms. The van der Waals surface area contributed by atoms with Crippen LogP contribution in [0.4, 0.5) is 0 Å². The normalized spacial score (nSPS) is 11.1. The summed E-state index contributed by atoms with van der Waals surface area (Å²) in [6.07, 6.45) is 0. The zero-order valence-corrected chi connectivity index (χ0v) is 9.04. The number of hydrogen-bond acceptors (Lipinski definition) is 4. The Balaban J connectivity index is 2.29. The van der Waals surface area contributed by atoms with E-state index in [9.17, 15) is 0 Å². The third-order valence-electron chi connectivity index (χ3n) is 1.94. The van der Waals surface area contributed by atoms with E-state index >= 15 is 0 Å². The SMILES string of the molecule is COCCNCc1cc(C(C)C)on1. The lowest BCUT2D eigenvalue weighted by molar-refractivity contribution is 0.199. The van der Waals surface area contributed by atoms with Crippen LogP contribution in [0.25, 0.3) is 0 Å². The lowest BCUT2D eigenvalue weighted by atomic mass is 10.1. The average Bonchev–Trinajstić information content (AvgIpc) is 2.61. The van der Waals surface area contributed by atoms with Crippen LogP contribution in [0.1, 0.15) is 31.2 Å². The zero-order valence-electron chi connectivity index (χ0n) is 9.04. The summed E-state index contributed by atoms with van der Waals surface area (Å²) in [7, 11) is 1.69. The van der Waals surface area contributed by atoms with E-state index in [-0.39, 0.29) is 0 Å². The third-order valence-corrected chi connectivity index (χ3v) is 1.94. The molecule has 0 unspecified atom stereocenters. The van der Waals surface area contributed by atoms with E-state index in [2.05, 4.69) is 24.3 Å². The van der Waals surface area contributed by atoms with Crippen LogP contribution in [-0.2, 0) is 11.3 Å². The monoisotopic (exact) mass is 198 g/mol. The van der Waals surface area contributed by atoms with Crippen molar-refractivity contribution >= 4 is 0 Å². The molecule has 4 nitrogen and oxygen atoms in total. The fraction of sp³-hybridized carbons (Fsp3) is 0.700. The summed E-state index contributed by atoms with van der Waals surface area (Å²) in [5, 5.41) is 7.16. The number of nitrogens with one attached hydrogen (secondary N) is 1. The number of rotatable bonds is 6. The Hall–Kier alpha value is -0.870. The smallest absolute Gasteiger partial charge is 0.139 e. The Kier molecular flexibility index (Phi) is 4.62. The van der Waals surface area contributed by atoms with Crippen molar-refractivity contribution in [2.75, 3.05) is 20.3 Å². The first-order valence-corrected chi connectivity index (χ1v) is 4.89. The average molecular weight is 198 g/mol. The number of methoxy groups -OCH3 is 1. The van der Waals surface area contributed by atoms with Gasteiger partial charge in [0.2, 0.25) is 0 Å². The standard InChI is InChI=1S/C10H18N2O2/c1-8(2)10-6-9(12-14-10)7-11-4-5-13-3/h6,8,11H,4-5,7H2,1-3H3. The van der Waals surface area contributed by atoms with Crippen molar-refractivity contribution in [1.82, 2.24) is 10.5 Å². The second-order valence-corrected chi connectivity index (χ2v) is 3.54. The quantitative estimate of drug-likeness (QED) is 0.704. The fourth-order valence-electron chi connectivity index (χ4n) is 1.07. The largest absolute Gasteiger partial charge is 0.383 e. The zero-order chi connectivity index (χ0) is 10.4. The number of nitrogens with zero attached hydrogens (tertiary/aromatic N) is 1. The predicted octanol–water partition coefficient (Wildman–Crippen LogP) is 1.53. The molecule has 0 aromatic carbocycles. The van der Waals surface area contributed by atoms with Crippen molar-refractivity contribution in [2.24, 2.45) is 0 Å². The highest BCUT2D eigenvalue weighted by molar-refractivity contribution is 5.08. The van der Waals surface area contributed by atoms with Crippen molar-refractivity contribution in [2.45, 2.75) is 26.3 Å². The highest BCUT2D eigenvalue weighted by atomic mass is 16.5. The minimum atomic E-state index is 0.398. The van der Waals surface area contributed by atoms with Crippen LogP contribution in [0.5, 0.6) is 0 Å². The van der Waals surface area contributed by atoms with E-state index in [0.717, 1.165) is 31.2 Å². The van der Waals surface area contributed by atoms with E-state index in [1.807, 2.05) is 6.07 Å². The summed E-state index contributed by atoms with van der Waals surface area (Å²) in [4.78, 5) is 0. The Morgan fingerprint density at radius 1 is 1.57 bits per heavy atom. The first kappa shape index (κ1) is 11.2. The molecule has 0 radical (unpaired) electrons. The molecule has 1 aromatic rings. The molecular weight excluding hydrogens is 180 g/mol. The maximum absolute atomic E-state index is 5.16. The van der Waals surface area contributed by atoms with Gasteiger partial charge in [-0.3, -0.25) is 0 Å². The molecule has 0 aliphatic carbocycles. The van der Waals surface area contributed by atoms with Crippen molar-refractivity contribution in [3.05, 3.63) is 17.5 Å². The molecule has 0 aliphatic heterocycles. The lowest BCUT2D eigenvalue weighted by Crippen LogP contribution is -2.18. The minimum absolute atomic E-state index is 0.398. The van der Waals surface area contributed by atoms with Crippen LogP contribution < -0.4 is 5.32 Å². The summed E-state index contributed by atoms with van der Waals surface area (Å²) in [6, 6.07) is 1.99. The molecule has 1 aromatic heterocycles. The molecule has 0 bridgehead atoms. The van der Waals surface area contributed by atoms with E-state index in [0.29, 0.717) is 5.92 Å². The van der Waals surface area contributed by atoms with Gasteiger partial charge in [0, 0.05) is 32.2 Å². The second kappa shape index (κ2) is 5.78. The molecular formula is C10H18N2O2. The van der Waals surface area contributed by atoms with Gasteiger partial charge in [0.25, 0.3) is 0 Å². The molecule has 0 fully saturated rings. The molecule has 0 saturated heterocycles. The molecule has 1 N–H and O–H groups in total. The summed E-state index contributed by atoms with van der Waals surface area (Å²) < 4.78 is 10.1. The van der Waals surface area contributed by atoms with Gasteiger partial charge in [-0.25, -0.2) is 0 Å². The highest BCUT2D eigenvalue weighted by Gasteiger charge is 2.06. The predicted molar refractivity (Wildman–Crippen MR) is 54.2 cm³/mol. The maximum Gasteiger partial charge on any atom is 0.139 e. The Labute approximate surface area is 84.6 Å². The number of hydrogen-bond donors (Lipinski definition) is 1. The van der Waals surface area contributed by atoms with Gasteiger partial charge in [0.1, 0.15) is 5.76 Å². The topological polar surface area (TPSA) is 47.3 Å². The highest BCUT2D eigenvalue weighted by Crippen LogP contribution is 2.14. The van der Waals surface area contributed by atoms with Crippen LogP contribution in [-0.4, -0.2) is 25.4 Å². The van der Waals surface area contributed by atoms with Crippen molar-refractivity contribution in [3.63, 3.8) is 0 Å². The Morgan fingerprint density at radius 3 is 2.93 bits per heavy atom. The molecule has 0 amide bonds. The van der Waals surface area contributed by atoms with Gasteiger partial charge in [-0.05, 0) is 0 Å². The summed E-state index contributed by atoms with van der Waals surface area (Å²) in [5.74, 6) is 1.34. The molecule has 80 valence electrons. The fourth-order valence-corrected chi connectivity index (χ4v) is 1.07. The molecule has 0 saturated carbocycles. The van der Waals surface area contributed by atoms with Gasteiger partial charge in [-0.15, -0.1) is 0 Å². The van der Waals surface area contributed by atoms with E-state index in [1.54, 1.807) is 7.11 Å². The van der Waals surface area contributed by atoms with Gasteiger partial charge in [0.15, 0.2) is 0 Å². The molecule has 1 heterocycles. The Morgan fingerprint density at radius 2 is 2.36 bits per heavy atom. The summed E-state index contributed by atoms with van der Waals surface area (Å²) >= 11 is 0. The minimum Gasteiger partial charge on any atom is -0.383 e. The van der Waals surface area contributed by atoms with E-state index in [4.69, 9.17) is 9.26 Å². The Bertz CT molecular complexity index is 258. The van der Waals surface area contributed by atoms with Gasteiger partial charge in [-0.1, -0.05) is 19.0 Å². The van der Waals surface area contributed by atoms with Crippen LogP contribution >= 0.6 is 0 Å². The first-order valence-electron chi connectivity index (χ1n) is 4.89. The third kappa shape index (κ3) is 3.47. The molecule has 4 heteroatoms. The van der Waals surface area contributed by atoms with E-state index < -0.39 is 0 Å². The number of aromatic nitrogens is 1. The van der Waals surface area contributed by atoms with Gasteiger partial charge < -0.3 is 14.6 Å². The van der Waals surface area contributed by atoms with Crippen LogP contribution in [0, 0.1) is 0 Å². The van der Waals surface area contributed by atoms with Gasteiger partial charge >= 0.3 is 0 Å². The summed E-state index contributed by atoms with van der Waals surface area (Å²) in [5.41, 5.74) is 0.949. The van der Waals surface area contributed by atoms with Crippen LogP contribution in [0.15, 0.2) is 10.6 Å². The summed E-state index contributed by atoms with van der Waals surface area (Å²) in [6.45, 7) is 6.46. The van der Waals surface area contributed by atoms with Crippen molar-refractivity contribution in [3.8, 4) is 0 Å². The molecule has 0 atom stereocenters. The molecule has 14 heavy (non-hydrogen) atoms. The van der Waals surface area contributed by atoms with Gasteiger partial charge in [0.05, 0.1) is 12.3 Å². The number of ether oxygens (including phenoxy) is 1. The lowest BCUT2D eigenvalue weighted by Gasteiger charge is -1.99. The molecule has 0 aliphatic rings. The van der Waals surface area contributed by atoms with Crippen molar-refractivity contribution < 1.29 is 9.26 Å². The van der Waals surface area contributed by atoms with Crippen LogP contribution in [0.3, 0.4) is 0 Å². The van der Waals surface area contributed by atoms with Crippen molar-refractivity contribution in [1.29, 1.82) is 0 Å². The maximum atomic E-state index is 5.16.